The van der Waals surface area contributed by atoms with Gasteiger partial charge in [-0.3, -0.25) is 9.59 Å². The van der Waals surface area contributed by atoms with E-state index in [1.807, 2.05) is 0 Å². The fraction of sp³-hybridized carbons (Fsp3) is 0.500. The Kier molecular flexibility index (Phi) is 4.68. The fourth-order valence-electron chi connectivity index (χ4n) is 1.21. The molecule has 94 valence electrons. The van der Waals surface area contributed by atoms with Gasteiger partial charge in [-0.15, -0.1) is 0 Å². The number of hydrogen-bond acceptors (Lipinski definition) is 6. The van der Waals surface area contributed by atoms with Crippen LogP contribution in [0.15, 0.2) is 10.6 Å². The third-order valence-corrected chi connectivity index (χ3v) is 2.47. The highest BCUT2D eigenvalue weighted by Crippen LogP contribution is 2.21. The number of cyclic esters (lactones) is 1. The van der Waals surface area contributed by atoms with Crippen LogP contribution in [0.25, 0.3) is 0 Å². The van der Waals surface area contributed by atoms with Gasteiger partial charge in [0.2, 0.25) is 0 Å². The minimum Gasteiger partial charge on any atom is -0.462 e. The van der Waals surface area contributed by atoms with E-state index >= 15 is 0 Å². The van der Waals surface area contributed by atoms with Crippen molar-refractivity contribution < 1.29 is 28.6 Å². The van der Waals surface area contributed by atoms with Gasteiger partial charge in [0.25, 0.3) is 0 Å². The lowest BCUT2D eigenvalue weighted by atomic mass is 10.1. The molecule has 0 N–H and O–H groups in total. The van der Waals surface area contributed by atoms with Gasteiger partial charge >= 0.3 is 17.9 Å². The van der Waals surface area contributed by atoms with Crippen LogP contribution in [0, 0.1) is 0 Å². The van der Waals surface area contributed by atoms with Crippen molar-refractivity contribution >= 4 is 33.8 Å². The summed E-state index contributed by atoms with van der Waals surface area (Å²) in [4.78, 5) is 32.8. The second-order valence-electron chi connectivity index (χ2n) is 3.33. The highest BCUT2D eigenvalue weighted by molar-refractivity contribution is 9.12. The van der Waals surface area contributed by atoms with Crippen LogP contribution in [-0.4, -0.2) is 36.7 Å². The number of hydrogen-bond donors (Lipinski definition) is 0. The van der Waals surface area contributed by atoms with E-state index in [4.69, 9.17) is 14.2 Å². The van der Waals surface area contributed by atoms with Crippen molar-refractivity contribution in [2.75, 3.05) is 6.61 Å². The Morgan fingerprint density at radius 3 is 2.59 bits per heavy atom. The number of ether oxygens (including phenoxy) is 3. The highest BCUT2D eigenvalue weighted by Gasteiger charge is 2.33. The Labute approximate surface area is 106 Å². The van der Waals surface area contributed by atoms with Crippen LogP contribution in [0.4, 0.5) is 0 Å². The summed E-state index contributed by atoms with van der Waals surface area (Å²) >= 11 is 2.98. The van der Waals surface area contributed by atoms with E-state index in [0.29, 0.717) is 0 Å². The first-order chi connectivity index (χ1) is 7.90. The van der Waals surface area contributed by atoms with Gasteiger partial charge < -0.3 is 14.2 Å². The molecule has 0 aromatic heterocycles. The molecule has 0 aromatic carbocycles. The van der Waals surface area contributed by atoms with Crippen LogP contribution >= 0.6 is 15.9 Å². The predicted molar refractivity (Wildman–Crippen MR) is 59.1 cm³/mol. The molecule has 0 fully saturated rings. The summed E-state index contributed by atoms with van der Waals surface area (Å²) in [6.07, 6.45) is -0.183. The minimum absolute atomic E-state index is 0.157. The third-order valence-electron chi connectivity index (χ3n) is 1.88. The van der Waals surface area contributed by atoms with Crippen LogP contribution < -0.4 is 0 Å². The summed E-state index contributed by atoms with van der Waals surface area (Å²) in [6, 6.07) is 0. The van der Waals surface area contributed by atoms with Crippen LogP contribution in [0.1, 0.15) is 13.8 Å². The van der Waals surface area contributed by atoms with Gasteiger partial charge in [0.15, 0.2) is 12.2 Å². The average Bonchev–Trinajstić information content (AvgIpc) is 2.20. The Morgan fingerprint density at radius 1 is 1.41 bits per heavy atom. The molecule has 0 saturated heterocycles. The molecular weight excluding hydrogens is 296 g/mol. The zero-order chi connectivity index (χ0) is 13.0. The van der Waals surface area contributed by atoms with Gasteiger partial charge in [-0.2, -0.15) is 0 Å². The predicted octanol–water partition coefficient (Wildman–Crippen LogP) is 0.685. The molecule has 17 heavy (non-hydrogen) atoms. The smallest absolute Gasteiger partial charge is 0.345 e. The molecule has 0 bridgehead atoms. The Hall–Kier alpha value is -1.37. The quantitative estimate of drug-likeness (QED) is 0.564. The summed E-state index contributed by atoms with van der Waals surface area (Å²) in [5, 5.41) is 0. The molecule has 2 unspecified atom stereocenters. The average molecular weight is 307 g/mol. The van der Waals surface area contributed by atoms with Crippen molar-refractivity contribution in [1.29, 1.82) is 0 Å². The van der Waals surface area contributed by atoms with Crippen molar-refractivity contribution in [2.45, 2.75) is 26.1 Å². The molecule has 1 heterocycles. The topological polar surface area (TPSA) is 78.9 Å². The lowest BCUT2D eigenvalue weighted by molar-refractivity contribution is -0.169. The zero-order valence-corrected chi connectivity index (χ0v) is 10.9. The molecule has 0 amide bonds. The summed E-state index contributed by atoms with van der Waals surface area (Å²) in [6.45, 7) is 2.31. The fourth-order valence-corrected chi connectivity index (χ4v) is 1.56. The number of carbonyl (C=O) groups excluding carboxylic acids is 3. The molecular formula is C10H11BrO6. The first-order valence-corrected chi connectivity index (χ1v) is 5.58. The molecule has 0 radical (unpaired) electrons. The SMILES string of the molecule is CC(=O)OCC1OC(=O)C(Br)=CC1OC(C)=O. The maximum absolute atomic E-state index is 11.3. The first kappa shape index (κ1) is 13.7. The van der Waals surface area contributed by atoms with E-state index in [-0.39, 0.29) is 11.1 Å². The van der Waals surface area contributed by atoms with Crippen molar-refractivity contribution in [3.8, 4) is 0 Å². The molecule has 0 spiro atoms. The molecule has 1 aliphatic heterocycles. The number of esters is 3. The van der Waals surface area contributed by atoms with Gasteiger partial charge in [-0.1, -0.05) is 0 Å². The minimum atomic E-state index is -0.823. The molecule has 6 nitrogen and oxygen atoms in total. The molecule has 1 aliphatic rings. The summed E-state index contributed by atoms with van der Waals surface area (Å²) < 4.78 is 14.8. The monoisotopic (exact) mass is 306 g/mol. The van der Waals surface area contributed by atoms with Gasteiger partial charge in [0, 0.05) is 13.8 Å². The number of carbonyl (C=O) groups is 3. The summed E-state index contributed by atoms with van der Waals surface area (Å²) in [5.74, 6) is -1.61. The Bertz CT molecular complexity index is 375. The van der Waals surface area contributed by atoms with Gasteiger partial charge in [-0.05, 0) is 22.0 Å². The highest BCUT2D eigenvalue weighted by atomic mass is 79.9. The maximum atomic E-state index is 11.3. The standard InChI is InChI=1S/C10H11BrO6/c1-5(12)15-4-9-8(16-6(2)13)3-7(11)10(14)17-9/h3,8-9H,4H2,1-2H3. The second-order valence-corrected chi connectivity index (χ2v) is 4.19. The van der Waals surface area contributed by atoms with E-state index in [9.17, 15) is 14.4 Å². The van der Waals surface area contributed by atoms with E-state index in [1.54, 1.807) is 0 Å². The van der Waals surface area contributed by atoms with Crippen LogP contribution in [0.5, 0.6) is 0 Å². The molecule has 7 heteroatoms. The van der Waals surface area contributed by atoms with E-state index < -0.39 is 30.1 Å². The second kappa shape index (κ2) is 5.81. The van der Waals surface area contributed by atoms with Gasteiger partial charge in [0.05, 0.1) is 0 Å². The molecule has 0 aliphatic carbocycles. The number of rotatable bonds is 3. The Morgan fingerprint density at radius 2 is 2.06 bits per heavy atom. The normalized spacial score (nSPS) is 23.5. The Balaban J connectivity index is 2.74. The zero-order valence-electron chi connectivity index (χ0n) is 9.27. The molecule has 2 atom stereocenters. The summed E-state index contributed by atoms with van der Waals surface area (Å²) in [7, 11) is 0. The van der Waals surface area contributed by atoms with Crippen LogP contribution in [0.3, 0.4) is 0 Å². The maximum Gasteiger partial charge on any atom is 0.345 e. The van der Waals surface area contributed by atoms with Crippen molar-refractivity contribution in [3.63, 3.8) is 0 Å². The van der Waals surface area contributed by atoms with Gasteiger partial charge in [-0.25, -0.2) is 4.79 Å². The third kappa shape index (κ3) is 4.18. The van der Waals surface area contributed by atoms with E-state index in [2.05, 4.69) is 15.9 Å². The van der Waals surface area contributed by atoms with Gasteiger partial charge in [0.1, 0.15) is 11.1 Å². The molecule has 0 aromatic rings. The van der Waals surface area contributed by atoms with Crippen molar-refractivity contribution in [2.24, 2.45) is 0 Å². The first-order valence-electron chi connectivity index (χ1n) is 4.79. The van der Waals surface area contributed by atoms with Crippen molar-refractivity contribution in [1.82, 2.24) is 0 Å². The van der Waals surface area contributed by atoms with E-state index in [1.165, 1.54) is 19.9 Å². The summed E-state index contributed by atoms with van der Waals surface area (Å²) in [5.41, 5.74) is 0. The van der Waals surface area contributed by atoms with Crippen LogP contribution in [-0.2, 0) is 28.6 Å². The van der Waals surface area contributed by atoms with E-state index in [0.717, 1.165) is 0 Å². The molecule has 1 rings (SSSR count). The van der Waals surface area contributed by atoms with Crippen LogP contribution in [0.2, 0.25) is 0 Å². The number of halogens is 1. The lowest BCUT2D eigenvalue weighted by Crippen LogP contribution is -2.40. The molecule has 0 saturated carbocycles. The largest absolute Gasteiger partial charge is 0.462 e. The van der Waals surface area contributed by atoms with Crippen molar-refractivity contribution in [3.05, 3.63) is 10.6 Å². The lowest BCUT2D eigenvalue weighted by Gasteiger charge is -2.27.